The molecule has 3 nitrogen and oxygen atoms in total. The van der Waals surface area contributed by atoms with Crippen LogP contribution in [0, 0.1) is 0 Å². The minimum Gasteiger partial charge on any atom is -0.492 e. The molecule has 1 N–H and O–H groups in total. The van der Waals surface area contributed by atoms with E-state index in [-0.39, 0.29) is 0 Å². The smallest absolute Gasteiger partial charge is 0.120 e. The Bertz CT molecular complexity index is 383. The van der Waals surface area contributed by atoms with Gasteiger partial charge in [0.2, 0.25) is 0 Å². The van der Waals surface area contributed by atoms with Gasteiger partial charge in [0.05, 0.1) is 0 Å². The largest absolute Gasteiger partial charge is 0.492 e. The second-order valence-electron chi connectivity index (χ2n) is 5.33. The van der Waals surface area contributed by atoms with Gasteiger partial charge in [0, 0.05) is 17.1 Å². The zero-order valence-electron chi connectivity index (χ0n) is 13.6. The Morgan fingerprint density at radius 3 is 2.71 bits per heavy atom. The van der Waals surface area contributed by atoms with Crippen molar-refractivity contribution >= 4 is 15.9 Å². The summed E-state index contributed by atoms with van der Waals surface area (Å²) in [5, 5.41) is 3.52. The van der Waals surface area contributed by atoms with E-state index in [0.29, 0.717) is 12.6 Å². The molecule has 0 amide bonds. The Balaban J connectivity index is 2.06. The molecule has 0 bridgehead atoms. The van der Waals surface area contributed by atoms with Crippen LogP contribution in [0.5, 0.6) is 5.75 Å². The lowest BCUT2D eigenvalue weighted by atomic mass is 10.2. The minimum absolute atomic E-state index is 0.548. The second-order valence-corrected chi connectivity index (χ2v) is 6.25. The zero-order valence-corrected chi connectivity index (χ0v) is 15.2. The van der Waals surface area contributed by atoms with E-state index in [0.717, 1.165) is 29.9 Å². The van der Waals surface area contributed by atoms with Gasteiger partial charge in [-0.2, -0.15) is 0 Å². The zero-order chi connectivity index (χ0) is 15.5. The maximum absolute atomic E-state index is 5.71. The Morgan fingerprint density at radius 1 is 1.29 bits per heavy atom. The molecule has 120 valence electrons. The van der Waals surface area contributed by atoms with Gasteiger partial charge in [-0.15, -0.1) is 0 Å². The average Bonchev–Trinajstić information content (AvgIpc) is 2.48. The third-order valence-electron chi connectivity index (χ3n) is 3.67. The number of hydrogen-bond donors (Lipinski definition) is 1. The standard InChI is InChI=1S/C17H29BrN2O/c1-4-20(5-2)12-7-8-15(3)19-11-13-21-17-10-6-9-16(18)14-17/h6,9-10,14-15,19H,4-5,7-8,11-13H2,1-3H3. The van der Waals surface area contributed by atoms with Crippen molar-refractivity contribution in [3.63, 3.8) is 0 Å². The van der Waals surface area contributed by atoms with Gasteiger partial charge in [-0.1, -0.05) is 35.8 Å². The maximum Gasteiger partial charge on any atom is 0.120 e. The van der Waals surface area contributed by atoms with Crippen LogP contribution in [-0.4, -0.2) is 43.7 Å². The van der Waals surface area contributed by atoms with E-state index in [2.05, 4.69) is 46.9 Å². The number of halogens is 1. The summed E-state index contributed by atoms with van der Waals surface area (Å²) in [5.41, 5.74) is 0. The lowest BCUT2D eigenvalue weighted by Crippen LogP contribution is -2.31. The molecule has 0 aliphatic carbocycles. The molecule has 0 aliphatic rings. The highest BCUT2D eigenvalue weighted by atomic mass is 79.9. The first-order valence-corrected chi connectivity index (χ1v) is 8.79. The van der Waals surface area contributed by atoms with Crippen LogP contribution < -0.4 is 10.1 Å². The number of ether oxygens (including phenoxy) is 1. The predicted molar refractivity (Wildman–Crippen MR) is 94.1 cm³/mol. The van der Waals surface area contributed by atoms with Crippen LogP contribution in [0.2, 0.25) is 0 Å². The van der Waals surface area contributed by atoms with Gasteiger partial charge in [-0.05, 0) is 57.6 Å². The summed E-state index contributed by atoms with van der Waals surface area (Å²) < 4.78 is 6.77. The molecule has 0 aromatic heterocycles. The van der Waals surface area contributed by atoms with Crippen LogP contribution in [0.1, 0.15) is 33.6 Å². The van der Waals surface area contributed by atoms with Crippen molar-refractivity contribution in [2.45, 2.75) is 39.7 Å². The van der Waals surface area contributed by atoms with Crippen LogP contribution in [0.25, 0.3) is 0 Å². The van der Waals surface area contributed by atoms with Gasteiger partial charge < -0.3 is 15.0 Å². The first-order valence-electron chi connectivity index (χ1n) is 7.99. The summed E-state index contributed by atoms with van der Waals surface area (Å²) in [6.45, 7) is 11.8. The normalized spacial score (nSPS) is 12.6. The van der Waals surface area contributed by atoms with Crippen molar-refractivity contribution < 1.29 is 4.74 Å². The molecule has 0 heterocycles. The summed E-state index contributed by atoms with van der Waals surface area (Å²) in [6, 6.07) is 8.52. The van der Waals surface area contributed by atoms with Crippen LogP contribution in [-0.2, 0) is 0 Å². The third kappa shape index (κ3) is 8.44. The van der Waals surface area contributed by atoms with Crippen LogP contribution in [0.15, 0.2) is 28.7 Å². The van der Waals surface area contributed by atoms with Crippen molar-refractivity contribution in [3.05, 3.63) is 28.7 Å². The molecule has 0 saturated heterocycles. The van der Waals surface area contributed by atoms with Crippen LogP contribution >= 0.6 is 15.9 Å². The Labute approximate surface area is 138 Å². The fourth-order valence-corrected chi connectivity index (χ4v) is 2.67. The quantitative estimate of drug-likeness (QED) is 0.608. The fourth-order valence-electron chi connectivity index (χ4n) is 2.29. The highest BCUT2D eigenvalue weighted by Gasteiger charge is 2.03. The molecule has 0 spiro atoms. The molecule has 1 aromatic rings. The summed E-state index contributed by atoms with van der Waals surface area (Å²) in [4.78, 5) is 2.48. The SMILES string of the molecule is CCN(CC)CCCC(C)NCCOc1cccc(Br)c1. The van der Waals surface area contributed by atoms with E-state index in [1.54, 1.807) is 0 Å². The van der Waals surface area contributed by atoms with Crippen LogP contribution in [0.3, 0.4) is 0 Å². The number of hydrogen-bond acceptors (Lipinski definition) is 3. The predicted octanol–water partition coefficient (Wildman–Crippen LogP) is 3.93. The molecule has 1 rings (SSSR count). The molecule has 21 heavy (non-hydrogen) atoms. The first-order chi connectivity index (χ1) is 10.2. The van der Waals surface area contributed by atoms with E-state index in [9.17, 15) is 0 Å². The second kappa shape index (κ2) is 11.0. The molecule has 1 atom stereocenters. The van der Waals surface area contributed by atoms with Crippen molar-refractivity contribution in [2.24, 2.45) is 0 Å². The number of benzene rings is 1. The van der Waals surface area contributed by atoms with E-state index in [4.69, 9.17) is 4.74 Å². The summed E-state index contributed by atoms with van der Waals surface area (Å²) in [5.74, 6) is 0.917. The molecule has 0 radical (unpaired) electrons. The molecular weight excluding hydrogens is 328 g/mol. The average molecular weight is 357 g/mol. The Kier molecular flexibility index (Phi) is 9.72. The fraction of sp³-hybridized carbons (Fsp3) is 0.647. The third-order valence-corrected chi connectivity index (χ3v) is 4.16. The molecular formula is C17H29BrN2O. The number of nitrogens with zero attached hydrogens (tertiary/aromatic N) is 1. The van der Waals surface area contributed by atoms with E-state index in [1.807, 2.05) is 24.3 Å². The molecule has 0 fully saturated rings. The summed E-state index contributed by atoms with van der Waals surface area (Å²) >= 11 is 3.45. The molecule has 4 heteroatoms. The lowest BCUT2D eigenvalue weighted by molar-refractivity contribution is 0.282. The van der Waals surface area contributed by atoms with E-state index < -0.39 is 0 Å². The molecule has 0 saturated carbocycles. The summed E-state index contributed by atoms with van der Waals surface area (Å²) in [7, 11) is 0. The van der Waals surface area contributed by atoms with Gasteiger partial charge in [-0.25, -0.2) is 0 Å². The Morgan fingerprint density at radius 2 is 2.05 bits per heavy atom. The monoisotopic (exact) mass is 356 g/mol. The highest BCUT2D eigenvalue weighted by molar-refractivity contribution is 9.10. The van der Waals surface area contributed by atoms with E-state index >= 15 is 0 Å². The first kappa shape index (κ1) is 18.5. The van der Waals surface area contributed by atoms with Crippen molar-refractivity contribution in [1.82, 2.24) is 10.2 Å². The van der Waals surface area contributed by atoms with Gasteiger partial charge in [0.1, 0.15) is 12.4 Å². The van der Waals surface area contributed by atoms with Crippen molar-refractivity contribution in [2.75, 3.05) is 32.8 Å². The van der Waals surface area contributed by atoms with Gasteiger partial charge in [0.15, 0.2) is 0 Å². The van der Waals surface area contributed by atoms with E-state index in [1.165, 1.54) is 19.4 Å². The van der Waals surface area contributed by atoms with Crippen molar-refractivity contribution in [3.8, 4) is 5.75 Å². The summed E-state index contributed by atoms with van der Waals surface area (Å²) in [6.07, 6.45) is 2.47. The molecule has 1 aromatic carbocycles. The maximum atomic E-state index is 5.71. The van der Waals surface area contributed by atoms with Crippen molar-refractivity contribution in [1.29, 1.82) is 0 Å². The van der Waals surface area contributed by atoms with Gasteiger partial charge in [-0.3, -0.25) is 0 Å². The number of rotatable bonds is 11. The topological polar surface area (TPSA) is 24.5 Å². The van der Waals surface area contributed by atoms with Crippen LogP contribution in [0.4, 0.5) is 0 Å². The molecule has 0 aliphatic heterocycles. The number of nitrogens with one attached hydrogen (secondary N) is 1. The minimum atomic E-state index is 0.548. The van der Waals surface area contributed by atoms with Gasteiger partial charge in [0.25, 0.3) is 0 Å². The Hall–Kier alpha value is -0.580. The molecule has 1 unspecified atom stereocenters. The lowest BCUT2D eigenvalue weighted by Gasteiger charge is -2.19. The van der Waals surface area contributed by atoms with Gasteiger partial charge >= 0.3 is 0 Å². The highest BCUT2D eigenvalue weighted by Crippen LogP contribution is 2.17.